The quantitative estimate of drug-likeness (QED) is 0.170. The van der Waals surface area contributed by atoms with E-state index in [2.05, 4.69) is 49.8 Å². The molecule has 0 aliphatic heterocycles. The van der Waals surface area contributed by atoms with Crippen molar-refractivity contribution in [3.8, 4) is 5.75 Å². The molecule has 3 aromatic rings. The zero-order valence-corrected chi connectivity index (χ0v) is 24.4. The number of hydrogen-bond donors (Lipinski definition) is 0. The van der Waals surface area contributed by atoms with Crippen LogP contribution in [0.5, 0.6) is 5.75 Å². The molecule has 0 N–H and O–H groups in total. The molecule has 0 heterocycles. The Morgan fingerprint density at radius 3 is 2.31 bits per heavy atom. The van der Waals surface area contributed by atoms with Crippen molar-refractivity contribution in [2.24, 2.45) is 0 Å². The second kappa shape index (κ2) is 12.3. The lowest BCUT2D eigenvalue weighted by Crippen LogP contribution is -2.41. The third-order valence-corrected chi connectivity index (χ3v) is 11.8. The van der Waals surface area contributed by atoms with E-state index in [4.69, 9.17) is 9.16 Å². The van der Waals surface area contributed by atoms with Gasteiger partial charge in [-0.2, -0.15) is 0 Å². The summed E-state index contributed by atoms with van der Waals surface area (Å²) in [6.07, 6.45) is 1.53. The van der Waals surface area contributed by atoms with Crippen LogP contribution in [0.15, 0.2) is 77.3 Å². The van der Waals surface area contributed by atoms with E-state index in [1.165, 1.54) is 12.1 Å². The molecule has 0 aromatic heterocycles. The van der Waals surface area contributed by atoms with Crippen LogP contribution in [0.4, 0.5) is 4.39 Å². The highest BCUT2D eigenvalue weighted by Gasteiger charge is 2.39. The first kappa shape index (κ1) is 28.3. The standard InChI is InChI=1S/C30H36BrFO3Si/c1-30(2,3)36(4,5)35-28(23-14-17-25(32)18-15-23)13-9-12-27(33)26-19-16-24(31)20-29(26)34-21-22-10-7-6-8-11-22/h6-8,10-11,14-20,28H,9,12-13,21H2,1-5H3. The molecule has 0 saturated heterocycles. The molecule has 0 bridgehead atoms. The van der Waals surface area contributed by atoms with E-state index in [1.54, 1.807) is 12.1 Å². The number of ether oxygens (including phenoxy) is 1. The molecule has 192 valence electrons. The maximum absolute atomic E-state index is 13.6. The molecule has 3 aromatic carbocycles. The van der Waals surface area contributed by atoms with Crippen molar-refractivity contribution in [3.63, 3.8) is 0 Å². The summed E-state index contributed by atoms with van der Waals surface area (Å²) < 4.78 is 27.2. The van der Waals surface area contributed by atoms with Crippen LogP contribution in [0.2, 0.25) is 18.1 Å². The van der Waals surface area contributed by atoms with Gasteiger partial charge < -0.3 is 9.16 Å². The van der Waals surface area contributed by atoms with Gasteiger partial charge >= 0.3 is 0 Å². The highest BCUT2D eigenvalue weighted by molar-refractivity contribution is 9.10. The molecule has 36 heavy (non-hydrogen) atoms. The Morgan fingerprint density at radius 1 is 1.00 bits per heavy atom. The van der Waals surface area contributed by atoms with Gasteiger partial charge in [0.1, 0.15) is 18.2 Å². The van der Waals surface area contributed by atoms with Crippen LogP contribution in [0.3, 0.4) is 0 Å². The van der Waals surface area contributed by atoms with E-state index < -0.39 is 8.32 Å². The maximum Gasteiger partial charge on any atom is 0.192 e. The molecular weight excluding hydrogens is 535 g/mol. The lowest BCUT2D eigenvalue weighted by Gasteiger charge is -2.39. The first-order valence-electron chi connectivity index (χ1n) is 12.4. The predicted molar refractivity (Wildman–Crippen MR) is 151 cm³/mol. The number of carbonyl (C=O) groups excluding carboxylic acids is 1. The minimum Gasteiger partial charge on any atom is -0.488 e. The summed E-state index contributed by atoms with van der Waals surface area (Å²) in [5, 5.41) is 0.0452. The number of hydrogen-bond acceptors (Lipinski definition) is 3. The van der Waals surface area contributed by atoms with Gasteiger partial charge in [0.25, 0.3) is 0 Å². The second-order valence-corrected chi connectivity index (χ2v) is 16.3. The van der Waals surface area contributed by atoms with Crippen molar-refractivity contribution in [2.75, 3.05) is 0 Å². The molecular formula is C30H36BrFO3Si. The third kappa shape index (κ3) is 7.86. The summed E-state index contributed by atoms with van der Waals surface area (Å²) in [4.78, 5) is 13.2. The first-order valence-corrected chi connectivity index (χ1v) is 16.1. The van der Waals surface area contributed by atoms with Gasteiger partial charge in [0.15, 0.2) is 14.1 Å². The van der Waals surface area contributed by atoms with E-state index in [9.17, 15) is 9.18 Å². The molecule has 0 aliphatic carbocycles. The number of rotatable bonds is 11. The van der Waals surface area contributed by atoms with Gasteiger partial charge in [-0.15, -0.1) is 0 Å². The minimum atomic E-state index is -2.07. The van der Waals surface area contributed by atoms with E-state index in [-0.39, 0.29) is 22.7 Å². The highest BCUT2D eigenvalue weighted by Crippen LogP contribution is 2.41. The molecule has 0 spiro atoms. The predicted octanol–water partition coefficient (Wildman–Crippen LogP) is 9.28. The molecule has 1 atom stereocenters. The van der Waals surface area contributed by atoms with E-state index in [0.29, 0.717) is 37.2 Å². The normalized spacial score (nSPS) is 12.9. The third-order valence-electron chi connectivity index (χ3n) is 6.84. The Kier molecular flexibility index (Phi) is 9.67. The SMILES string of the molecule is CC(C)(C)[Si](C)(C)OC(CCCC(=O)c1ccc(Br)cc1OCc1ccccc1)c1ccc(F)cc1. The molecule has 3 rings (SSSR count). The molecule has 0 radical (unpaired) electrons. The van der Waals surface area contributed by atoms with E-state index in [1.807, 2.05) is 48.5 Å². The molecule has 0 fully saturated rings. The number of Topliss-reactive ketones (excluding diaryl/α,β-unsaturated/α-hetero) is 1. The zero-order chi connectivity index (χ0) is 26.3. The zero-order valence-electron chi connectivity index (χ0n) is 21.8. The van der Waals surface area contributed by atoms with Gasteiger partial charge in [-0.1, -0.05) is 79.2 Å². The maximum atomic E-state index is 13.6. The van der Waals surface area contributed by atoms with Crippen LogP contribution in [0, 0.1) is 5.82 Å². The molecule has 3 nitrogen and oxygen atoms in total. The summed E-state index contributed by atoms with van der Waals surface area (Å²) in [7, 11) is -2.07. The van der Waals surface area contributed by atoms with Crippen molar-refractivity contribution in [1.82, 2.24) is 0 Å². The summed E-state index contributed by atoms with van der Waals surface area (Å²) in [5.74, 6) is 0.347. The lowest BCUT2D eigenvalue weighted by molar-refractivity contribution is 0.0966. The van der Waals surface area contributed by atoms with Crippen LogP contribution in [-0.2, 0) is 11.0 Å². The van der Waals surface area contributed by atoms with Gasteiger partial charge in [-0.25, -0.2) is 4.39 Å². The molecule has 6 heteroatoms. The average molecular weight is 572 g/mol. The summed E-state index contributed by atoms with van der Waals surface area (Å²) in [5.41, 5.74) is 2.57. The topological polar surface area (TPSA) is 35.5 Å². The Hall–Kier alpha value is -2.28. The van der Waals surface area contributed by atoms with E-state index in [0.717, 1.165) is 15.6 Å². The molecule has 0 saturated carbocycles. The number of benzene rings is 3. The highest BCUT2D eigenvalue weighted by atomic mass is 79.9. The average Bonchev–Trinajstić information content (AvgIpc) is 2.82. The second-order valence-electron chi connectivity index (χ2n) is 10.6. The number of ketones is 1. The van der Waals surface area contributed by atoms with E-state index >= 15 is 0 Å². The van der Waals surface area contributed by atoms with Gasteiger partial charge in [0, 0.05) is 10.9 Å². The Labute approximate surface area is 224 Å². The molecule has 0 aliphatic rings. The van der Waals surface area contributed by atoms with Crippen LogP contribution in [0.25, 0.3) is 0 Å². The fraction of sp³-hybridized carbons (Fsp3) is 0.367. The van der Waals surface area contributed by atoms with Crippen molar-refractivity contribution in [2.45, 2.75) is 70.9 Å². The number of carbonyl (C=O) groups is 1. The largest absolute Gasteiger partial charge is 0.488 e. The summed E-state index contributed by atoms with van der Waals surface area (Å²) >= 11 is 3.49. The Bertz CT molecular complexity index is 1140. The number of halogens is 2. The minimum absolute atomic E-state index is 0.0377. The van der Waals surface area contributed by atoms with Crippen molar-refractivity contribution < 1.29 is 18.3 Å². The van der Waals surface area contributed by atoms with Gasteiger partial charge in [-0.3, -0.25) is 4.79 Å². The fourth-order valence-corrected chi connectivity index (χ4v) is 5.33. The first-order chi connectivity index (χ1) is 17.0. The smallest absolute Gasteiger partial charge is 0.192 e. The van der Waals surface area contributed by atoms with Crippen molar-refractivity contribution >= 4 is 30.0 Å². The fourth-order valence-electron chi connectivity index (χ4n) is 3.67. The molecule has 0 amide bonds. The summed E-state index contributed by atoms with van der Waals surface area (Å²) in [6.45, 7) is 11.4. The monoisotopic (exact) mass is 570 g/mol. The van der Waals surface area contributed by atoms with Crippen LogP contribution in [0.1, 0.15) is 67.6 Å². The van der Waals surface area contributed by atoms with Gasteiger partial charge in [-0.05, 0) is 72.4 Å². The van der Waals surface area contributed by atoms with Crippen molar-refractivity contribution in [3.05, 3.63) is 99.8 Å². The summed E-state index contributed by atoms with van der Waals surface area (Å²) in [6, 6.07) is 21.9. The van der Waals surface area contributed by atoms with Gasteiger partial charge in [0.2, 0.25) is 0 Å². The molecule has 1 unspecified atom stereocenters. The van der Waals surface area contributed by atoms with Gasteiger partial charge in [0.05, 0.1) is 11.7 Å². The Balaban J connectivity index is 1.70. The van der Waals surface area contributed by atoms with Crippen molar-refractivity contribution in [1.29, 1.82) is 0 Å². The van der Waals surface area contributed by atoms with Crippen LogP contribution >= 0.6 is 15.9 Å². The van der Waals surface area contributed by atoms with Crippen LogP contribution < -0.4 is 4.74 Å². The lowest BCUT2D eigenvalue weighted by atomic mass is 10.00. The Morgan fingerprint density at radius 2 is 1.67 bits per heavy atom. The van der Waals surface area contributed by atoms with Crippen LogP contribution in [-0.4, -0.2) is 14.1 Å².